The number of benzene rings is 1. The summed E-state index contributed by atoms with van der Waals surface area (Å²) in [5.41, 5.74) is 0.320. The molecule has 1 aromatic carbocycles. The van der Waals surface area contributed by atoms with E-state index in [9.17, 15) is 13.2 Å². The number of anilines is 1. The van der Waals surface area contributed by atoms with Gasteiger partial charge in [-0.25, -0.2) is 8.42 Å². The molecule has 0 bridgehead atoms. The molecule has 1 atom stereocenters. The predicted octanol–water partition coefficient (Wildman–Crippen LogP) is 2.03. The van der Waals surface area contributed by atoms with Gasteiger partial charge in [0, 0.05) is 19.6 Å². The number of rotatable bonds is 5. The molecule has 2 heterocycles. The van der Waals surface area contributed by atoms with E-state index in [0.717, 1.165) is 19.5 Å². The number of nitrogens with one attached hydrogen (secondary N) is 1. The van der Waals surface area contributed by atoms with Crippen LogP contribution in [0.25, 0.3) is 0 Å². The number of hydrogen-bond acceptors (Lipinski definition) is 5. The van der Waals surface area contributed by atoms with Crippen molar-refractivity contribution in [3.8, 4) is 0 Å². The monoisotopic (exact) mass is 415 g/mol. The van der Waals surface area contributed by atoms with Crippen molar-refractivity contribution >= 4 is 33.2 Å². The molecule has 1 amide bonds. The molecule has 0 aliphatic carbocycles. The molecule has 0 aromatic heterocycles. The van der Waals surface area contributed by atoms with Gasteiger partial charge in [0.15, 0.2) is 0 Å². The maximum Gasteiger partial charge on any atom is 0.243 e. The SMILES string of the molecule is C[C@H]1CCCN(CC(=O)Nc2cc(S(=O)(=O)N3CCOCC3)ccc2Cl)C1. The summed E-state index contributed by atoms with van der Waals surface area (Å²) in [7, 11) is -3.64. The quantitative estimate of drug-likeness (QED) is 0.796. The Kier molecular flexibility index (Phi) is 6.75. The lowest BCUT2D eigenvalue weighted by Gasteiger charge is -2.30. The largest absolute Gasteiger partial charge is 0.379 e. The van der Waals surface area contributed by atoms with Gasteiger partial charge < -0.3 is 10.1 Å². The number of hydrogen-bond donors (Lipinski definition) is 1. The Bertz CT molecular complexity index is 781. The van der Waals surface area contributed by atoms with E-state index < -0.39 is 10.0 Å². The van der Waals surface area contributed by atoms with E-state index >= 15 is 0 Å². The smallest absolute Gasteiger partial charge is 0.243 e. The van der Waals surface area contributed by atoms with E-state index in [1.165, 1.54) is 28.9 Å². The van der Waals surface area contributed by atoms with E-state index in [4.69, 9.17) is 16.3 Å². The zero-order valence-electron chi connectivity index (χ0n) is 15.5. The van der Waals surface area contributed by atoms with Crippen LogP contribution in [0.2, 0.25) is 5.02 Å². The number of carbonyl (C=O) groups is 1. The van der Waals surface area contributed by atoms with Gasteiger partial charge in [0.1, 0.15) is 0 Å². The van der Waals surface area contributed by atoms with E-state index in [-0.39, 0.29) is 17.3 Å². The summed E-state index contributed by atoms with van der Waals surface area (Å²) >= 11 is 6.19. The Labute approximate surface area is 165 Å². The lowest BCUT2D eigenvalue weighted by Crippen LogP contribution is -2.40. The average molecular weight is 416 g/mol. The number of halogens is 1. The van der Waals surface area contributed by atoms with Gasteiger partial charge in [-0.3, -0.25) is 9.69 Å². The molecule has 2 aliphatic rings. The van der Waals surface area contributed by atoms with Crippen LogP contribution < -0.4 is 5.32 Å². The van der Waals surface area contributed by atoms with Crippen LogP contribution in [0.4, 0.5) is 5.69 Å². The second-order valence-electron chi connectivity index (χ2n) is 7.19. The van der Waals surface area contributed by atoms with Gasteiger partial charge in [0.05, 0.1) is 35.4 Å². The lowest BCUT2D eigenvalue weighted by atomic mass is 10.0. The summed E-state index contributed by atoms with van der Waals surface area (Å²) in [6.07, 6.45) is 2.27. The van der Waals surface area contributed by atoms with Crippen molar-refractivity contribution in [2.24, 2.45) is 5.92 Å². The zero-order chi connectivity index (χ0) is 19.4. The van der Waals surface area contributed by atoms with E-state index in [1.807, 2.05) is 0 Å². The minimum atomic E-state index is -3.64. The van der Waals surface area contributed by atoms with E-state index in [1.54, 1.807) is 0 Å². The van der Waals surface area contributed by atoms with Crippen LogP contribution in [0.5, 0.6) is 0 Å². The molecule has 2 saturated heterocycles. The van der Waals surface area contributed by atoms with Gasteiger partial charge in [0.2, 0.25) is 15.9 Å². The van der Waals surface area contributed by atoms with Crippen molar-refractivity contribution in [3.63, 3.8) is 0 Å². The summed E-state index contributed by atoms with van der Waals surface area (Å²) in [4.78, 5) is 14.7. The first-order valence-corrected chi connectivity index (χ1v) is 11.1. The van der Waals surface area contributed by atoms with Crippen molar-refractivity contribution in [2.75, 3.05) is 51.3 Å². The van der Waals surface area contributed by atoms with Gasteiger partial charge in [-0.1, -0.05) is 18.5 Å². The van der Waals surface area contributed by atoms with Crippen molar-refractivity contribution < 1.29 is 17.9 Å². The molecular weight excluding hydrogens is 390 g/mol. The molecule has 3 rings (SSSR count). The first-order valence-electron chi connectivity index (χ1n) is 9.26. The summed E-state index contributed by atoms with van der Waals surface area (Å²) in [6.45, 7) is 5.65. The van der Waals surface area contributed by atoms with Gasteiger partial charge >= 0.3 is 0 Å². The van der Waals surface area contributed by atoms with Crippen LogP contribution in [-0.4, -0.2) is 69.5 Å². The van der Waals surface area contributed by atoms with Gasteiger partial charge in [-0.15, -0.1) is 0 Å². The molecule has 0 spiro atoms. The first-order chi connectivity index (χ1) is 12.9. The summed E-state index contributed by atoms with van der Waals surface area (Å²) in [5, 5.41) is 3.08. The Morgan fingerprint density at radius 3 is 2.74 bits per heavy atom. The highest BCUT2D eigenvalue weighted by atomic mass is 35.5. The fourth-order valence-corrected chi connectivity index (χ4v) is 5.12. The summed E-state index contributed by atoms with van der Waals surface area (Å²) in [5.74, 6) is 0.393. The number of likely N-dealkylation sites (tertiary alicyclic amines) is 1. The molecule has 7 nitrogen and oxygen atoms in total. The average Bonchev–Trinajstić information content (AvgIpc) is 2.64. The van der Waals surface area contributed by atoms with Gasteiger partial charge in [0.25, 0.3) is 0 Å². The van der Waals surface area contributed by atoms with Crippen molar-refractivity contribution in [3.05, 3.63) is 23.2 Å². The molecule has 0 saturated carbocycles. The van der Waals surface area contributed by atoms with Crippen LogP contribution >= 0.6 is 11.6 Å². The normalized spacial score (nSPS) is 22.5. The van der Waals surface area contributed by atoms with Crippen LogP contribution in [-0.2, 0) is 19.6 Å². The molecule has 1 N–H and O–H groups in total. The number of carbonyl (C=O) groups excluding carboxylic acids is 1. The summed E-state index contributed by atoms with van der Waals surface area (Å²) in [6, 6.07) is 4.41. The lowest BCUT2D eigenvalue weighted by molar-refractivity contribution is -0.117. The maximum atomic E-state index is 12.8. The van der Waals surface area contributed by atoms with Crippen molar-refractivity contribution in [1.82, 2.24) is 9.21 Å². The first kappa shape index (κ1) is 20.5. The third kappa shape index (κ3) is 5.20. The second-order valence-corrected chi connectivity index (χ2v) is 9.53. The molecule has 150 valence electrons. The topological polar surface area (TPSA) is 79.0 Å². The van der Waals surface area contributed by atoms with E-state index in [0.29, 0.717) is 42.9 Å². The Morgan fingerprint density at radius 1 is 1.30 bits per heavy atom. The van der Waals surface area contributed by atoms with Gasteiger partial charge in [-0.2, -0.15) is 4.31 Å². The van der Waals surface area contributed by atoms with Crippen LogP contribution in [0.3, 0.4) is 0 Å². The number of nitrogens with zero attached hydrogens (tertiary/aromatic N) is 2. The summed E-state index contributed by atoms with van der Waals surface area (Å²) < 4.78 is 32.2. The number of amides is 1. The van der Waals surface area contributed by atoms with Crippen LogP contribution in [0.15, 0.2) is 23.1 Å². The zero-order valence-corrected chi connectivity index (χ0v) is 17.1. The standard InChI is InChI=1S/C18H26ClN3O4S/c1-14-3-2-6-21(12-14)13-18(23)20-17-11-15(4-5-16(17)19)27(24,25)22-7-9-26-10-8-22/h4-5,11,14H,2-3,6-10,12-13H2,1H3,(H,20,23)/t14-/m0/s1. The number of morpholine rings is 1. The Morgan fingerprint density at radius 2 is 2.04 bits per heavy atom. The Hall–Kier alpha value is -1.19. The molecule has 0 unspecified atom stereocenters. The second kappa shape index (κ2) is 8.87. The molecule has 1 aromatic rings. The third-order valence-corrected chi connectivity index (χ3v) is 7.15. The Balaban J connectivity index is 1.70. The van der Waals surface area contributed by atoms with Crippen molar-refractivity contribution in [1.29, 1.82) is 0 Å². The number of ether oxygens (including phenoxy) is 1. The highest BCUT2D eigenvalue weighted by Gasteiger charge is 2.27. The molecular formula is C18H26ClN3O4S. The van der Waals surface area contributed by atoms with Gasteiger partial charge in [-0.05, 0) is 43.5 Å². The predicted molar refractivity (Wildman–Crippen MR) is 104 cm³/mol. The third-order valence-electron chi connectivity index (χ3n) is 4.93. The minimum absolute atomic E-state index is 0.121. The highest BCUT2D eigenvalue weighted by Crippen LogP contribution is 2.27. The fraction of sp³-hybridized carbons (Fsp3) is 0.611. The maximum absolute atomic E-state index is 12.8. The number of piperidine rings is 1. The fourth-order valence-electron chi connectivity index (χ4n) is 3.52. The molecule has 0 radical (unpaired) electrons. The number of sulfonamides is 1. The highest BCUT2D eigenvalue weighted by molar-refractivity contribution is 7.89. The molecule has 27 heavy (non-hydrogen) atoms. The molecule has 2 aliphatic heterocycles. The van der Waals surface area contributed by atoms with Crippen LogP contribution in [0.1, 0.15) is 19.8 Å². The van der Waals surface area contributed by atoms with E-state index in [2.05, 4.69) is 17.1 Å². The minimum Gasteiger partial charge on any atom is -0.379 e. The van der Waals surface area contributed by atoms with Crippen LogP contribution in [0, 0.1) is 5.92 Å². The van der Waals surface area contributed by atoms with Crippen molar-refractivity contribution in [2.45, 2.75) is 24.7 Å². The molecule has 2 fully saturated rings. The molecule has 9 heteroatoms.